The molecule has 0 N–H and O–H groups in total. The van der Waals surface area contributed by atoms with Gasteiger partial charge in [-0.25, -0.2) is 12.8 Å². The number of fused-ring (bicyclic) bond motifs is 1. The highest BCUT2D eigenvalue weighted by atomic mass is 35.5. The lowest BCUT2D eigenvalue weighted by Crippen LogP contribution is -2.50. The van der Waals surface area contributed by atoms with Crippen molar-refractivity contribution in [2.45, 2.75) is 11.8 Å². The molecule has 158 valence electrons. The van der Waals surface area contributed by atoms with E-state index >= 15 is 0 Å². The molecule has 0 radical (unpaired) electrons. The third kappa shape index (κ3) is 3.47. The molecule has 10 heteroatoms. The minimum Gasteiger partial charge on any atom is -0.448 e. The van der Waals surface area contributed by atoms with Crippen molar-refractivity contribution in [2.75, 3.05) is 26.2 Å². The van der Waals surface area contributed by atoms with Crippen molar-refractivity contribution in [3.05, 3.63) is 63.6 Å². The van der Waals surface area contributed by atoms with Gasteiger partial charge in [-0.05, 0) is 25.1 Å². The first-order valence-electron chi connectivity index (χ1n) is 9.13. The van der Waals surface area contributed by atoms with Gasteiger partial charge in [0.2, 0.25) is 10.0 Å². The molecule has 4 rings (SSSR count). The average Bonchev–Trinajstić information content (AvgIpc) is 3.07. The predicted molar refractivity (Wildman–Crippen MR) is 112 cm³/mol. The van der Waals surface area contributed by atoms with Crippen LogP contribution in [0.15, 0.2) is 45.7 Å². The summed E-state index contributed by atoms with van der Waals surface area (Å²) >= 11 is 12.0. The molecule has 0 spiro atoms. The minimum atomic E-state index is -3.86. The fourth-order valence-electron chi connectivity index (χ4n) is 3.51. The molecule has 0 atom stereocenters. The van der Waals surface area contributed by atoms with Gasteiger partial charge >= 0.3 is 0 Å². The lowest BCUT2D eigenvalue weighted by molar-refractivity contribution is 0.0667. The second-order valence-electron chi connectivity index (χ2n) is 6.92. The predicted octanol–water partition coefficient (Wildman–Crippen LogP) is 4.33. The first-order chi connectivity index (χ1) is 14.2. The summed E-state index contributed by atoms with van der Waals surface area (Å²) in [5.74, 6) is -0.880. The Hall–Kier alpha value is -2.13. The van der Waals surface area contributed by atoms with Crippen molar-refractivity contribution in [1.29, 1.82) is 0 Å². The summed E-state index contributed by atoms with van der Waals surface area (Å²) in [4.78, 5) is 14.4. The molecule has 6 nitrogen and oxygen atoms in total. The Labute approximate surface area is 182 Å². The maximum absolute atomic E-state index is 14.0. The van der Waals surface area contributed by atoms with Gasteiger partial charge in [0.1, 0.15) is 4.90 Å². The van der Waals surface area contributed by atoms with E-state index in [4.69, 9.17) is 27.6 Å². The van der Waals surface area contributed by atoms with Gasteiger partial charge < -0.3 is 9.32 Å². The number of furan rings is 1. The normalized spacial score (nSPS) is 15.7. The van der Waals surface area contributed by atoms with Crippen LogP contribution in [-0.2, 0) is 10.0 Å². The lowest BCUT2D eigenvalue weighted by atomic mass is 10.1. The van der Waals surface area contributed by atoms with E-state index < -0.39 is 21.7 Å². The van der Waals surface area contributed by atoms with E-state index in [1.807, 2.05) is 0 Å². The van der Waals surface area contributed by atoms with Crippen LogP contribution in [0.2, 0.25) is 10.0 Å². The molecule has 30 heavy (non-hydrogen) atoms. The summed E-state index contributed by atoms with van der Waals surface area (Å²) in [6, 6.07) is 8.94. The standard InChI is InChI=1S/C20H17Cl2FN2O4S/c1-12-13-4-2-6-15(23)19(13)29-18(12)20(26)24-8-10-25(11-9-24)30(27,28)16-7-3-5-14(21)17(16)22/h2-7H,8-11H2,1H3. The number of carbonyl (C=O) groups excluding carboxylic acids is 1. The largest absolute Gasteiger partial charge is 0.448 e. The van der Waals surface area contributed by atoms with Gasteiger partial charge in [0.05, 0.1) is 10.0 Å². The van der Waals surface area contributed by atoms with Crippen LogP contribution >= 0.6 is 23.2 Å². The number of hydrogen-bond donors (Lipinski definition) is 0. The number of halogens is 3. The molecule has 1 amide bonds. The average molecular weight is 471 g/mol. The first kappa shape index (κ1) is 21.1. The molecule has 1 aliphatic rings. The van der Waals surface area contributed by atoms with E-state index in [2.05, 4.69) is 0 Å². The first-order valence-corrected chi connectivity index (χ1v) is 11.3. The number of sulfonamides is 1. The SMILES string of the molecule is Cc1c(C(=O)N2CCN(S(=O)(=O)c3cccc(Cl)c3Cl)CC2)oc2c(F)cccc12. The van der Waals surface area contributed by atoms with E-state index in [0.717, 1.165) is 0 Å². The van der Waals surface area contributed by atoms with Gasteiger partial charge in [0.15, 0.2) is 17.2 Å². The summed E-state index contributed by atoms with van der Waals surface area (Å²) in [5, 5.41) is 0.659. The Bertz CT molecular complexity index is 1250. The number of benzene rings is 2. The smallest absolute Gasteiger partial charge is 0.289 e. The molecule has 1 saturated heterocycles. The van der Waals surface area contributed by atoms with Crippen molar-refractivity contribution < 1.29 is 22.0 Å². The maximum Gasteiger partial charge on any atom is 0.289 e. The Morgan fingerprint density at radius 1 is 1.07 bits per heavy atom. The molecule has 0 bridgehead atoms. The molecule has 2 heterocycles. The third-order valence-corrected chi connectivity index (χ3v) is 8.04. The molecule has 0 saturated carbocycles. The molecular formula is C20H17Cl2FN2O4S. The molecule has 2 aromatic carbocycles. The number of nitrogens with zero attached hydrogens (tertiary/aromatic N) is 2. The highest BCUT2D eigenvalue weighted by molar-refractivity contribution is 7.89. The zero-order chi connectivity index (χ0) is 21.6. The monoisotopic (exact) mass is 470 g/mol. The molecular weight excluding hydrogens is 454 g/mol. The summed E-state index contributed by atoms with van der Waals surface area (Å²) in [5.41, 5.74) is 0.588. The fourth-order valence-corrected chi connectivity index (χ4v) is 5.67. The maximum atomic E-state index is 14.0. The third-order valence-electron chi connectivity index (χ3n) is 5.17. The summed E-state index contributed by atoms with van der Waals surface area (Å²) in [7, 11) is -3.86. The number of aryl methyl sites for hydroxylation is 1. The van der Waals surface area contributed by atoms with E-state index in [9.17, 15) is 17.6 Å². The number of para-hydroxylation sites is 1. The van der Waals surface area contributed by atoms with E-state index in [0.29, 0.717) is 10.9 Å². The van der Waals surface area contributed by atoms with Gasteiger partial charge in [-0.15, -0.1) is 0 Å². The van der Waals surface area contributed by atoms with Crippen molar-refractivity contribution >= 4 is 50.1 Å². The quantitative estimate of drug-likeness (QED) is 0.570. The number of amides is 1. The molecule has 1 fully saturated rings. The van der Waals surface area contributed by atoms with Crippen molar-refractivity contribution in [3.63, 3.8) is 0 Å². The van der Waals surface area contributed by atoms with Gasteiger partial charge in [-0.2, -0.15) is 4.31 Å². The Kier molecular flexibility index (Phi) is 5.52. The van der Waals surface area contributed by atoms with Gasteiger partial charge in [0, 0.05) is 37.1 Å². The van der Waals surface area contributed by atoms with Crippen molar-refractivity contribution in [3.8, 4) is 0 Å². The van der Waals surface area contributed by atoms with Crippen LogP contribution in [0, 0.1) is 12.7 Å². The molecule has 0 unspecified atom stereocenters. The van der Waals surface area contributed by atoms with Crippen LogP contribution in [0.5, 0.6) is 0 Å². The Morgan fingerprint density at radius 2 is 1.73 bits per heavy atom. The van der Waals surface area contributed by atoms with Crippen LogP contribution < -0.4 is 0 Å². The molecule has 1 aromatic heterocycles. The highest BCUT2D eigenvalue weighted by Gasteiger charge is 2.33. The number of piperazine rings is 1. The Balaban J connectivity index is 1.54. The highest BCUT2D eigenvalue weighted by Crippen LogP contribution is 2.32. The molecule has 1 aliphatic heterocycles. The zero-order valence-electron chi connectivity index (χ0n) is 15.9. The van der Waals surface area contributed by atoms with Gasteiger partial charge in [0.25, 0.3) is 5.91 Å². The lowest BCUT2D eigenvalue weighted by Gasteiger charge is -2.33. The van der Waals surface area contributed by atoms with Crippen LogP contribution in [0.4, 0.5) is 4.39 Å². The molecule has 0 aliphatic carbocycles. The fraction of sp³-hybridized carbons (Fsp3) is 0.250. The zero-order valence-corrected chi connectivity index (χ0v) is 18.2. The number of hydrogen-bond acceptors (Lipinski definition) is 4. The van der Waals surface area contributed by atoms with E-state index in [1.54, 1.807) is 19.1 Å². The minimum absolute atomic E-state index is 0.0300. The van der Waals surface area contributed by atoms with Crippen molar-refractivity contribution in [1.82, 2.24) is 9.21 Å². The van der Waals surface area contributed by atoms with Crippen LogP contribution in [0.3, 0.4) is 0 Å². The number of carbonyl (C=O) groups is 1. The molecule has 3 aromatic rings. The topological polar surface area (TPSA) is 70.8 Å². The second kappa shape index (κ2) is 7.85. The van der Waals surface area contributed by atoms with Crippen LogP contribution in [-0.4, -0.2) is 49.7 Å². The second-order valence-corrected chi connectivity index (χ2v) is 9.61. The summed E-state index contributed by atoms with van der Waals surface area (Å²) in [6.07, 6.45) is 0. The number of rotatable bonds is 3. The van der Waals surface area contributed by atoms with Crippen LogP contribution in [0.25, 0.3) is 11.0 Å². The van der Waals surface area contributed by atoms with E-state index in [1.165, 1.54) is 33.5 Å². The summed E-state index contributed by atoms with van der Waals surface area (Å²) in [6.45, 7) is 2.19. The summed E-state index contributed by atoms with van der Waals surface area (Å²) < 4.78 is 46.6. The van der Waals surface area contributed by atoms with Crippen LogP contribution in [0.1, 0.15) is 16.1 Å². The van der Waals surface area contributed by atoms with Gasteiger partial charge in [-0.1, -0.05) is 41.4 Å². The van der Waals surface area contributed by atoms with Gasteiger partial charge in [-0.3, -0.25) is 4.79 Å². The Morgan fingerprint density at radius 3 is 2.40 bits per heavy atom. The van der Waals surface area contributed by atoms with E-state index in [-0.39, 0.29) is 52.5 Å². The van der Waals surface area contributed by atoms with Crippen molar-refractivity contribution in [2.24, 2.45) is 0 Å².